The van der Waals surface area contributed by atoms with E-state index in [-0.39, 0.29) is 22.9 Å². The molecular weight excluding hydrogens is 272 g/mol. The Bertz CT molecular complexity index is 473. The summed E-state index contributed by atoms with van der Waals surface area (Å²) in [6, 6.07) is 1.67. The molecule has 0 saturated heterocycles. The number of aliphatic hydroxyl groups excluding tert-OH is 1. The molecule has 0 spiro atoms. The van der Waals surface area contributed by atoms with Crippen molar-refractivity contribution < 1.29 is 24.1 Å². The first-order valence-electron chi connectivity index (χ1n) is 5.73. The maximum Gasteiger partial charge on any atom is 0.339 e. The molecule has 0 heterocycles. The smallest absolute Gasteiger partial charge is 0.339 e. The molecule has 0 aliphatic carbocycles. The summed E-state index contributed by atoms with van der Waals surface area (Å²) in [6.07, 6.45) is -1.52. The molecular formula is C13H17ClO5. The second-order valence-corrected chi connectivity index (χ2v) is 4.19. The lowest BCUT2D eigenvalue weighted by Crippen LogP contribution is -2.17. The number of carbonyl (C=O) groups excluding carboxylic acids is 1. The lowest BCUT2D eigenvalue weighted by atomic mass is 10.0. The number of esters is 1. The Hall–Kier alpha value is -1.46. The van der Waals surface area contributed by atoms with Gasteiger partial charge >= 0.3 is 5.97 Å². The van der Waals surface area contributed by atoms with Crippen molar-refractivity contribution in [3.8, 4) is 11.5 Å². The van der Waals surface area contributed by atoms with Gasteiger partial charge in [0, 0.05) is 0 Å². The molecule has 0 aromatic heterocycles. The second-order valence-electron chi connectivity index (χ2n) is 3.81. The van der Waals surface area contributed by atoms with Gasteiger partial charge in [-0.2, -0.15) is 0 Å². The average Bonchev–Trinajstić information content (AvgIpc) is 2.40. The van der Waals surface area contributed by atoms with Crippen LogP contribution in [0.1, 0.15) is 24.2 Å². The molecule has 5 nitrogen and oxygen atoms in total. The van der Waals surface area contributed by atoms with Gasteiger partial charge in [-0.15, -0.1) is 0 Å². The van der Waals surface area contributed by atoms with Crippen LogP contribution in [-0.2, 0) is 9.53 Å². The maximum absolute atomic E-state index is 11.6. The third-order valence-corrected chi connectivity index (χ3v) is 3.11. The van der Waals surface area contributed by atoms with E-state index in [1.807, 2.05) is 0 Å². The van der Waals surface area contributed by atoms with Crippen LogP contribution >= 0.6 is 11.6 Å². The zero-order valence-electron chi connectivity index (χ0n) is 11.3. The van der Waals surface area contributed by atoms with Crippen LogP contribution in [0.2, 0.25) is 5.02 Å². The highest BCUT2D eigenvalue weighted by Crippen LogP contribution is 2.42. The van der Waals surface area contributed by atoms with Crippen LogP contribution in [0.4, 0.5) is 0 Å². The van der Waals surface area contributed by atoms with Gasteiger partial charge in [-0.25, -0.2) is 4.79 Å². The van der Waals surface area contributed by atoms with E-state index in [0.717, 1.165) is 0 Å². The minimum Gasteiger partial charge on any atom is -0.493 e. The number of rotatable bonds is 5. The first-order valence-corrected chi connectivity index (χ1v) is 6.11. The molecule has 1 aromatic rings. The van der Waals surface area contributed by atoms with Gasteiger partial charge in [-0.3, -0.25) is 0 Å². The Morgan fingerprint density at radius 1 is 1.42 bits per heavy atom. The van der Waals surface area contributed by atoms with Gasteiger partial charge in [0.2, 0.25) is 0 Å². The van der Waals surface area contributed by atoms with Crippen molar-refractivity contribution >= 4 is 17.6 Å². The molecule has 6 heteroatoms. The van der Waals surface area contributed by atoms with E-state index >= 15 is 0 Å². The van der Waals surface area contributed by atoms with Crippen molar-refractivity contribution in [1.82, 2.24) is 0 Å². The van der Waals surface area contributed by atoms with E-state index in [0.29, 0.717) is 11.3 Å². The van der Waals surface area contributed by atoms with Crippen LogP contribution in [0.15, 0.2) is 6.07 Å². The lowest BCUT2D eigenvalue weighted by molar-refractivity contribution is -0.153. The first kappa shape index (κ1) is 15.6. The van der Waals surface area contributed by atoms with Crippen molar-refractivity contribution in [2.45, 2.75) is 20.0 Å². The first-order chi connectivity index (χ1) is 8.97. The minimum atomic E-state index is -1.52. The van der Waals surface area contributed by atoms with Gasteiger partial charge in [0.1, 0.15) is 0 Å². The molecule has 0 aliphatic heterocycles. The predicted molar refractivity (Wildman–Crippen MR) is 70.9 cm³/mol. The molecule has 0 saturated carbocycles. The Balaban J connectivity index is 3.38. The molecule has 0 aliphatic rings. The fraction of sp³-hybridized carbons (Fsp3) is 0.462. The van der Waals surface area contributed by atoms with Crippen LogP contribution in [0.25, 0.3) is 0 Å². The molecule has 0 amide bonds. The van der Waals surface area contributed by atoms with Crippen molar-refractivity contribution in [2.75, 3.05) is 20.8 Å². The summed E-state index contributed by atoms with van der Waals surface area (Å²) in [5.74, 6) is -0.170. The number of methoxy groups -OCH3 is 2. The van der Waals surface area contributed by atoms with Gasteiger partial charge in [0.15, 0.2) is 17.6 Å². The maximum atomic E-state index is 11.6. The van der Waals surface area contributed by atoms with E-state index in [1.54, 1.807) is 19.9 Å². The van der Waals surface area contributed by atoms with Gasteiger partial charge in [-0.1, -0.05) is 11.6 Å². The van der Waals surface area contributed by atoms with Gasteiger partial charge in [0.25, 0.3) is 0 Å². The summed E-state index contributed by atoms with van der Waals surface area (Å²) in [5, 5.41) is 10.3. The SMILES string of the molecule is CCOC(=O)C(O)c1c(Cl)c(C)cc(OC)c1OC. The number of hydrogen-bond donors (Lipinski definition) is 1. The quantitative estimate of drug-likeness (QED) is 0.842. The zero-order valence-corrected chi connectivity index (χ0v) is 12.1. The minimum absolute atomic E-state index is 0.152. The number of aliphatic hydroxyl groups is 1. The predicted octanol–water partition coefficient (Wildman–Crippen LogP) is 2.26. The lowest BCUT2D eigenvalue weighted by Gasteiger charge is -2.19. The molecule has 19 heavy (non-hydrogen) atoms. The Morgan fingerprint density at radius 3 is 2.53 bits per heavy atom. The van der Waals surface area contributed by atoms with Crippen molar-refractivity contribution in [3.63, 3.8) is 0 Å². The van der Waals surface area contributed by atoms with Crippen molar-refractivity contribution in [1.29, 1.82) is 0 Å². The number of ether oxygens (including phenoxy) is 3. The van der Waals surface area contributed by atoms with E-state index in [4.69, 9.17) is 25.8 Å². The van der Waals surface area contributed by atoms with Crippen LogP contribution in [0, 0.1) is 6.92 Å². The molecule has 0 fully saturated rings. The van der Waals surface area contributed by atoms with Gasteiger partial charge < -0.3 is 19.3 Å². The number of aryl methyl sites for hydroxylation is 1. The molecule has 1 atom stereocenters. The fourth-order valence-corrected chi connectivity index (χ4v) is 1.96. The molecule has 1 aromatic carbocycles. The highest BCUT2D eigenvalue weighted by atomic mass is 35.5. The van der Waals surface area contributed by atoms with E-state index < -0.39 is 12.1 Å². The summed E-state index contributed by atoms with van der Waals surface area (Å²) >= 11 is 6.14. The molecule has 1 N–H and O–H groups in total. The standard InChI is InChI=1S/C13H17ClO5/c1-5-19-13(16)11(15)9-10(14)7(2)6-8(17-3)12(9)18-4/h6,11,15H,5H2,1-4H3. The van der Waals surface area contributed by atoms with Crippen LogP contribution in [0.5, 0.6) is 11.5 Å². The summed E-state index contributed by atoms with van der Waals surface area (Å²) in [4.78, 5) is 11.6. The van der Waals surface area contributed by atoms with E-state index in [9.17, 15) is 9.90 Å². The molecule has 1 rings (SSSR count). The second kappa shape index (κ2) is 6.63. The Labute approximate surface area is 117 Å². The number of benzene rings is 1. The number of halogens is 1. The van der Waals surface area contributed by atoms with Crippen molar-refractivity contribution in [2.24, 2.45) is 0 Å². The van der Waals surface area contributed by atoms with Gasteiger partial charge in [0.05, 0.1) is 31.4 Å². The zero-order chi connectivity index (χ0) is 14.6. The molecule has 106 valence electrons. The van der Waals surface area contributed by atoms with Crippen molar-refractivity contribution in [3.05, 3.63) is 22.2 Å². The topological polar surface area (TPSA) is 65.0 Å². The van der Waals surface area contributed by atoms with Crippen LogP contribution in [0.3, 0.4) is 0 Å². The Morgan fingerprint density at radius 2 is 2.05 bits per heavy atom. The third kappa shape index (κ3) is 3.11. The number of hydrogen-bond acceptors (Lipinski definition) is 5. The molecule has 0 radical (unpaired) electrons. The summed E-state index contributed by atoms with van der Waals surface area (Å²) < 4.78 is 15.1. The fourth-order valence-electron chi connectivity index (χ4n) is 1.72. The normalized spacial score (nSPS) is 11.9. The molecule has 1 unspecified atom stereocenters. The Kier molecular flexibility index (Phi) is 5.44. The average molecular weight is 289 g/mol. The summed E-state index contributed by atoms with van der Waals surface area (Å²) in [6.45, 7) is 3.56. The molecule has 0 bridgehead atoms. The van der Waals surface area contributed by atoms with Gasteiger partial charge in [-0.05, 0) is 25.5 Å². The largest absolute Gasteiger partial charge is 0.493 e. The van der Waals surface area contributed by atoms with E-state index in [2.05, 4.69) is 0 Å². The monoisotopic (exact) mass is 288 g/mol. The van der Waals surface area contributed by atoms with Crippen LogP contribution in [-0.4, -0.2) is 31.9 Å². The van der Waals surface area contributed by atoms with Crippen LogP contribution < -0.4 is 9.47 Å². The third-order valence-electron chi connectivity index (χ3n) is 2.61. The number of carbonyl (C=O) groups is 1. The summed E-state index contributed by atoms with van der Waals surface area (Å²) in [7, 11) is 2.87. The van der Waals surface area contributed by atoms with E-state index in [1.165, 1.54) is 14.2 Å². The highest BCUT2D eigenvalue weighted by Gasteiger charge is 2.28. The highest BCUT2D eigenvalue weighted by molar-refractivity contribution is 6.32. The summed E-state index contributed by atoms with van der Waals surface area (Å²) in [5.41, 5.74) is 0.817.